The topological polar surface area (TPSA) is 29.4 Å². The summed E-state index contributed by atoms with van der Waals surface area (Å²) in [5.41, 5.74) is 2.81. The van der Waals surface area contributed by atoms with Crippen LogP contribution in [0.3, 0.4) is 0 Å². The first-order valence-corrected chi connectivity index (χ1v) is 3.47. The van der Waals surface area contributed by atoms with Crippen LogP contribution in [-0.2, 0) is 0 Å². The summed E-state index contributed by atoms with van der Waals surface area (Å²) in [6, 6.07) is 5.65. The molecule has 0 N–H and O–H groups in total. The van der Waals surface area contributed by atoms with E-state index in [9.17, 15) is 4.79 Å². The Bertz CT molecular complexity index is 353. The first-order valence-electron chi connectivity index (χ1n) is 3.47. The molecular formula is C9H7NO. The van der Waals surface area contributed by atoms with E-state index in [1.807, 2.05) is 19.1 Å². The number of hydrogen-bond donors (Lipinski definition) is 0. The van der Waals surface area contributed by atoms with Crippen LogP contribution < -0.4 is 0 Å². The quantitative estimate of drug-likeness (QED) is 0.544. The highest BCUT2D eigenvalue weighted by Crippen LogP contribution is 2.17. The Hall–Kier alpha value is -1.44. The molecule has 2 rings (SSSR count). The van der Waals surface area contributed by atoms with Gasteiger partial charge in [0.1, 0.15) is 0 Å². The summed E-state index contributed by atoms with van der Waals surface area (Å²) in [6.45, 7) is 1.98. The molecule has 54 valence electrons. The molecule has 2 heteroatoms. The average molecular weight is 145 g/mol. The number of aryl methyl sites for hydroxylation is 1. The van der Waals surface area contributed by atoms with Gasteiger partial charge in [0.2, 0.25) is 0 Å². The van der Waals surface area contributed by atoms with Crippen molar-refractivity contribution in [3.05, 3.63) is 34.9 Å². The molecule has 1 amide bonds. The summed E-state index contributed by atoms with van der Waals surface area (Å²) < 4.78 is 0. The van der Waals surface area contributed by atoms with Gasteiger partial charge in [0.05, 0.1) is 5.56 Å². The highest BCUT2D eigenvalue weighted by Gasteiger charge is 2.15. The second kappa shape index (κ2) is 2.02. The Morgan fingerprint density at radius 2 is 2.18 bits per heavy atom. The van der Waals surface area contributed by atoms with Gasteiger partial charge in [0, 0.05) is 11.8 Å². The first-order chi connectivity index (χ1) is 5.29. The Balaban J connectivity index is 2.74. The molecule has 1 heterocycles. The summed E-state index contributed by atoms with van der Waals surface area (Å²) in [7, 11) is 0. The van der Waals surface area contributed by atoms with E-state index in [4.69, 9.17) is 0 Å². The summed E-state index contributed by atoms with van der Waals surface area (Å²) >= 11 is 0. The summed E-state index contributed by atoms with van der Waals surface area (Å²) in [5, 5.41) is 0. The molecule has 0 saturated heterocycles. The Labute approximate surface area is 64.6 Å². The molecule has 0 radical (unpaired) electrons. The average Bonchev–Trinajstić information content (AvgIpc) is 2.35. The lowest BCUT2D eigenvalue weighted by molar-refractivity contribution is 0.101. The van der Waals surface area contributed by atoms with E-state index in [2.05, 4.69) is 4.99 Å². The van der Waals surface area contributed by atoms with Gasteiger partial charge < -0.3 is 0 Å². The van der Waals surface area contributed by atoms with Gasteiger partial charge in [-0.3, -0.25) is 4.79 Å². The molecule has 0 saturated carbocycles. The molecule has 0 aromatic heterocycles. The van der Waals surface area contributed by atoms with Crippen molar-refractivity contribution in [3.8, 4) is 0 Å². The molecular weight excluding hydrogens is 138 g/mol. The number of rotatable bonds is 0. The minimum absolute atomic E-state index is 0.122. The van der Waals surface area contributed by atoms with E-state index >= 15 is 0 Å². The van der Waals surface area contributed by atoms with E-state index in [1.54, 1.807) is 12.3 Å². The van der Waals surface area contributed by atoms with Crippen LogP contribution in [0.4, 0.5) is 0 Å². The smallest absolute Gasteiger partial charge is 0.267 e. The number of fused-ring (bicyclic) bond motifs is 1. The monoisotopic (exact) mass is 145 g/mol. The molecule has 1 aliphatic rings. The third kappa shape index (κ3) is 0.792. The predicted octanol–water partition coefficient (Wildman–Crippen LogP) is 1.57. The molecule has 0 atom stereocenters. The number of aliphatic imine (C=N–C) groups is 1. The maximum Gasteiger partial charge on any atom is 0.277 e. The van der Waals surface area contributed by atoms with Crippen LogP contribution >= 0.6 is 0 Å². The van der Waals surface area contributed by atoms with Crippen LogP contribution in [0.5, 0.6) is 0 Å². The third-order valence-corrected chi connectivity index (χ3v) is 1.87. The van der Waals surface area contributed by atoms with Crippen molar-refractivity contribution in [1.82, 2.24) is 0 Å². The lowest BCUT2D eigenvalue weighted by Gasteiger charge is -1.97. The molecule has 0 bridgehead atoms. The van der Waals surface area contributed by atoms with Gasteiger partial charge in [0.25, 0.3) is 5.91 Å². The Morgan fingerprint density at radius 3 is 2.91 bits per heavy atom. The molecule has 1 aliphatic heterocycles. The fourth-order valence-electron chi connectivity index (χ4n) is 1.23. The molecule has 11 heavy (non-hydrogen) atoms. The molecule has 1 aromatic carbocycles. The van der Waals surface area contributed by atoms with Crippen LogP contribution in [-0.4, -0.2) is 12.1 Å². The van der Waals surface area contributed by atoms with Crippen LogP contribution in [0.1, 0.15) is 21.5 Å². The van der Waals surface area contributed by atoms with Gasteiger partial charge in [0.15, 0.2) is 0 Å². The molecule has 2 nitrogen and oxygen atoms in total. The minimum atomic E-state index is -0.122. The highest BCUT2D eigenvalue weighted by atomic mass is 16.1. The third-order valence-electron chi connectivity index (χ3n) is 1.87. The maximum absolute atomic E-state index is 11.0. The van der Waals surface area contributed by atoms with Gasteiger partial charge >= 0.3 is 0 Å². The van der Waals surface area contributed by atoms with E-state index < -0.39 is 0 Å². The van der Waals surface area contributed by atoms with Gasteiger partial charge in [-0.05, 0) is 18.6 Å². The zero-order valence-corrected chi connectivity index (χ0v) is 6.16. The SMILES string of the molecule is Cc1cccc2c1C=NC2=O. The largest absolute Gasteiger partial charge is 0.277 e. The van der Waals surface area contributed by atoms with Crippen LogP contribution in [0.2, 0.25) is 0 Å². The Morgan fingerprint density at radius 1 is 1.36 bits per heavy atom. The van der Waals surface area contributed by atoms with Gasteiger partial charge in [-0.1, -0.05) is 12.1 Å². The zero-order chi connectivity index (χ0) is 7.84. The predicted molar refractivity (Wildman–Crippen MR) is 43.1 cm³/mol. The lowest BCUT2D eigenvalue weighted by Crippen LogP contribution is -1.92. The van der Waals surface area contributed by atoms with Gasteiger partial charge in [-0.15, -0.1) is 0 Å². The van der Waals surface area contributed by atoms with Crippen LogP contribution in [0, 0.1) is 6.92 Å². The van der Waals surface area contributed by atoms with Crippen molar-refractivity contribution in [2.45, 2.75) is 6.92 Å². The second-order valence-corrected chi connectivity index (χ2v) is 2.60. The lowest BCUT2D eigenvalue weighted by atomic mass is 10.1. The molecule has 1 aromatic rings. The van der Waals surface area contributed by atoms with Crippen LogP contribution in [0.15, 0.2) is 23.2 Å². The Kier molecular flexibility index (Phi) is 1.15. The van der Waals surface area contributed by atoms with Crippen molar-refractivity contribution < 1.29 is 4.79 Å². The normalized spacial score (nSPS) is 13.7. The van der Waals surface area contributed by atoms with Crippen molar-refractivity contribution in [2.75, 3.05) is 0 Å². The number of carbonyl (C=O) groups is 1. The standard InChI is InChI=1S/C9H7NO/c1-6-3-2-4-7-8(6)5-10-9(7)11/h2-5H,1H3. The summed E-state index contributed by atoms with van der Waals surface area (Å²) in [6.07, 6.45) is 1.63. The minimum Gasteiger partial charge on any atom is -0.267 e. The van der Waals surface area contributed by atoms with Gasteiger partial charge in [-0.2, -0.15) is 0 Å². The fraction of sp³-hybridized carbons (Fsp3) is 0.111. The van der Waals surface area contributed by atoms with E-state index in [0.29, 0.717) is 0 Å². The molecule has 0 aliphatic carbocycles. The molecule has 0 fully saturated rings. The van der Waals surface area contributed by atoms with E-state index in [-0.39, 0.29) is 5.91 Å². The van der Waals surface area contributed by atoms with Crippen molar-refractivity contribution >= 4 is 12.1 Å². The van der Waals surface area contributed by atoms with Crippen molar-refractivity contribution in [1.29, 1.82) is 0 Å². The van der Waals surface area contributed by atoms with Crippen molar-refractivity contribution in [3.63, 3.8) is 0 Å². The fourth-order valence-corrected chi connectivity index (χ4v) is 1.23. The number of nitrogens with zero attached hydrogens (tertiary/aromatic N) is 1. The van der Waals surface area contributed by atoms with Crippen molar-refractivity contribution in [2.24, 2.45) is 4.99 Å². The summed E-state index contributed by atoms with van der Waals surface area (Å²) in [4.78, 5) is 14.7. The number of hydrogen-bond acceptors (Lipinski definition) is 1. The van der Waals surface area contributed by atoms with E-state index in [0.717, 1.165) is 16.7 Å². The molecule has 0 unspecified atom stereocenters. The van der Waals surface area contributed by atoms with E-state index in [1.165, 1.54) is 0 Å². The number of carbonyl (C=O) groups excluding carboxylic acids is 1. The second-order valence-electron chi connectivity index (χ2n) is 2.60. The summed E-state index contributed by atoms with van der Waals surface area (Å²) in [5.74, 6) is -0.122. The van der Waals surface area contributed by atoms with Gasteiger partial charge in [-0.25, -0.2) is 4.99 Å². The number of amides is 1. The number of benzene rings is 1. The zero-order valence-electron chi connectivity index (χ0n) is 6.16. The molecule has 0 spiro atoms. The highest BCUT2D eigenvalue weighted by molar-refractivity contribution is 6.13. The maximum atomic E-state index is 11.0. The van der Waals surface area contributed by atoms with Crippen LogP contribution in [0.25, 0.3) is 0 Å². The first kappa shape index (κ1) is 6.28.